The van der Waals surface area contributed by atoms with E-state index in [-0.39, 0.29) is 0 Å². The van der Waals surface area contributed by atoms with Gasteiger partial charge in [0.2, 0.25) is 0 Å². The van der Waals surface area contributed by atoms with Gasteiger partial charge in [-0.15, -0.1) is 0 Å². The monoisotopic (exact) mass is 190 g/mol. The Bertz CT molecular complexity index is 145. The van der Waals surface area contributed by atoms with Gasteiger partial charge in [0.15, 0.2) is 0 Å². The molecule has 2 nitrogen and oxygen atoms in total. The van der Waals surface area contributed by atoms with Gasteiger partial charge in [-0.05, 0) is 13.8 Å². The fourth-order valence-corrected chi connectivity index (χ4v) is 3.08. The summed E-state index contributed by atoms with van der Waals surface area (Å²) in [4.78, 5) is 0. The lowest BCUT2D eigenvalue weighted by molar-refractivity contribution is -0.0437. The van der Waals surface area contributed by atoms with Gasteiger partial charge < -0.3 is 4.74 Å². The van der Waals surface area contributed by atoms with E-state index in [1.54, 1.807) is 0 Å². The zero-order chi connectivity index (χ0) is 9.35. The molecule has 1 saturated heterocycles. The Labute approximate surface area is 76.7 Å². The van der Waals surface area contributed by atoms with Gasteiger partial charge in [0.1, 0.15) is 0 Å². The van der Waals surface area contributed by atoms with E-state index in [0.29, 0.717) is 12.2 Å². The number of hydrogen-bond acceptors (Lipinski definition) is 2. The topological polar surface area (TPSA) is 12.5 Å². The zero-order valence-corrected chi connectivity index (χ0v) is 9.77. The van der Waals surface area contributed by atoms with Crippen molar-refractivity contribution in [3.63, 3.8) is 0 Å². The van der Waals surface area contributed by atoms with Gasteiger partial charge in [-0.1, -0.05) is 0 Å². The molecule has 0 aliphatic carbocycles. The van der Waals surface area contributed by atoms with E-state index >= 15 is 0 Å². The summed E-state index contributed by atoms with van der Waals surface area (Å²) in [5.41, 5.74) is 0. The second-order valence-electron chi connectivity index (χ2n) is 4.57. The van der Waals surface area contributed by atoms with E-state index in [0.717, 1.165) is 13.1 Å². The minimum Gasteiger partial charge on any atom is -0.373 e. The summed E-state index contributed by atoms with van der Waals surface area (Å²) < 4.78 is 8.29. The lowest BCUT2D eigenvalue weighted by Gasteiger charge is -2.37. The van der Waals surface area contributed by atoms with Crippen molar-refractivity contribution in [3.05, 3.63) is 0 Å². The van der Waals surface area contributed by atoms with Crippen molar-refractivity contribution >= 4 is 7.41 Å². The molecule has 0 aromatic carbocycles. The van der Waals surface area contributed by atoms with Crippen LogP contribution >= 0.6 is 7.41 Å². The molecule has 0 N–H and O–H groups in total. The molecule has 1 rings (SSSR count). The maximum absolute atomic E-state index is 5.69. The number of hydrogen-bond donors (Lipinski definition) is 0. The highest BCUT2D eigenvalue weighted by Crippen LogP contribution is 2.51. The average Bonchev–Trinajstić information content (AvgIpc) is 1.82. The van der Waals surface area contributed by atoms with Gasteiger partial charge in [0.25, 0.3) is 0 Å². The van der Waals surface area contributed by atoms with E-state index in [2.05, 4.69) is 38.5 Å². The molecule has 12 heavy (non-hydrogen) atoms. The fraction of sp³-hybridized carbons (Fsp3) is 1.00. The first-order valence-corrected chi connectivity index (χ1v) is 7.70. The first kappa shape index (κ1) is 10.4. The van der Waals surface area contributed by atoms with Gasteiger partial charge in [0, 0.05) is 0 Å². The third-order valence-corrected chi connectivity index (χ3v) is 4.27. The number of rotatable bonds is 1. The molecule has 0 spiro atoms. The minimum absolute atomic E-state index is 0.410. The molecule has 72 valence electrons. The first-order valence-electron chi connectivity index (χ1n) is 4.62. The Hall–Kier alpha value is 0.350. The van der Waals surface area contributed by atoms with Crippen LogP contribution in [0.2, 0.25) is 0 Å². The number of morpholine rings is 1. The van der Waals surface area contributed by atoms with Crippen LogP contribution in [0.1, 0.15) is 13.8 Å². The third kappa shape index (κ3) is 2.69. The Kier molecular flexibility index (Phi) is 3.14. The largest absolute Gasteiger partial charge is 0.373 e. The molecule has 0 amide bonds. The standard InChI is InChI=1S/C9H21NOP/c1-8-6-10(12(3,4)5)7-9(2)11-8/h8-9H,6-7H2,1-5H3/q+1. The molecule has 0 saturated carbocycles. The lowest BCUT2D eigenvalue weighted by atomic mass is 10.3. The average molecular weight is 190 g/mol. The smallest absolute Gasteiger partial charge is 0.0743 e. The maximum atomic E-state index is 5.69. The Morgan fingerprint density at radius 2 is 1.50 bits per heavy atom. The summed E-state index contributed by atoms with van der Waals surface area (Å²) >= 11 is 0. The highest BCUT2D eigenvalue weighted by atomic mass is 31.2. The summed E-state index contributed by atoms with van der Waals surface area (Å²) in [7, 11) is -0.813. The fourth-order valence-electron chi connectivity index (χ4n) is 1.64. The van der Waals surface area contributed by atoms with Crippen molar-refractivity contribution in [2.24, 2.45) is 0 Å². The molecule has 0 bridgehead atoms. The van der Waals surface area contributed by atoms with Crippen LogP contribution < -0.4 is 0 Å². The molecular formula is C9H21NOP+. The van der Waals surface area contributed by atoms with Gasteiger partial charge in [-0.25, -0.2) is 0 Å². The summed E-state index contributed by atoms with van der Waals surface area (Å²) in [6.07, 6.45) is 0.820. The van der Waals surface area contributed by atoms with E-state index in [1.165, 1.54) is 0 Å². The van der Waals surface area contributed by atoms with Crippen LogP contribution in [0.5, 0.6) is 0 Å². The maximum Gasteiger partial charge on any atom is 0.0743 e. The molecule has 0 aromatic heterocycles. The Balaban J connectivity index is 2.55. The summed E-state index contributed by atoms with van der Waals surface area (Å²) in [6.45, 7) is 13.7. The quantitative estimate of drug-likeness (QED) is 0.586. The van der Waals surface area contributed by atoms with Crippen molar-refractivity contribution < 1.29 is 4.74 Å². The molecule has 0 radical (unpaired) electrons. The molecule has 1 fully saturated rings. The van der Waals surface area contributed by atoms with Crippen LogP contribution in [0.15, 0.2) is 0 Å². The van der Waals surface area contributed by atoms with E-state index in [1.807, 2.05) is 0 Å². The second kappa shape index (κ2) is 3.61. The molecule has 1 aliphatic heterocycles. The molecule has 3 heteroatoms. The van der Waals surface area contributed by atoms with E-state index in [9.17, 15) is 0 Å². The van der Waals surface area contributed by atoms with Crippen LogP contribution in [0.25, 0.3) is 0 Å². The van der Waals surface area contributed by atoms with E-state index < -0.39 is 7.41 Å². The first-order chi connectivity index (χ1) is 5.39. The summed E-state index contributed by atoms with van der Waals surface area (Å²) in [5.74, 6) is 0. The summed E-state index contributed by atoms with van der Waals surface area (Å²) in [6, 6.07) is 0. The Morgan fingerprint density at radius 3 is 1.83 bits per heavy atom. The number of nitrogens with zero attached hydrogens (tertiary/aromatic N) is 1. The van der Waals surface area contributed by atoms with E-state index in [4.69, 9.17) is 4.74 Å². The molecular weight excluding hydrogens is 169 g/mol. The van der Waals surface area contributed by atoms with Crippen molar-refractivity contribution in [3.8, 4) is 0 Å². The summed E-state index contributed by atoms with van der Waals surface area (Å²) in [5, 5.41) is 0. The molecule has 1 heterocycles. The highest BCUT2D eigenvalue weighted by Gasteiger charge is 2.34. The van der Waals surface area contributed by atoms with Crippen molar-refractivity contribution in [1.82, 2.24) is 4.67 Å². The second-order valence-corrected chi connectivity index (χ2v) is 9.02. The SMILES string of the molecule is CC1CN([P+](C)(C)C)CC(C)O1. The lowest BCUT2D eigenvalue weighted by Crippen LogP contribution is -2.44. The van der Waals surface area contributed by atoms with Crippen LogP contribution in [-0.2, 0) is 4.74 Å². The zero-order valence-electron chi connectivity index (χ0n) is 8.87. The highest BCUT2D eigenvalue weighted by molar-refractivity contribution is 7.71. The van der Waals surface area contributed by atoms with Crippen LogP contribution in [0.4, 0.5) is 0 Å². The van der Waals surface area contributed by atoms with Gasteiger partial charge in [-0.3, -0.25) is 0 Å². The van der Waals surface area contributed by atoms with Crippen molar-refractivity contribution in [2.45, 2.75) is 26.1 Å². The predicted molar refractivity (Wildman–Crippen MR) is 56.3 cm³/mol. The molecule has 2 unspecified atom stereocenters. The van der Waals surface area contributed by atoms with Gasteiger partial charge >= 0.3 is 0 Å². The van der Waals surface area contributed by atoms with Crippen LogP contribution in [0, 0.1) is 0 Å². The minimum atomic E-state index is -0.813. The third-order valence-electron chi connectivity index (χ3n) is 2.25. The van der Waals surface area contributed by atoms with Crippen LogP contribution in [0.3, 0.4) is 0 Å². The van der Waals surface area contributed by atoms with Crippen molar-refractivity contribution in [2.75, 3.05) is 33.1 Å². The van der Waals surface area contributed by atoms with Crippen molar-refractivity contribution in [1.29, 1.82) is 0 Å². The Morgan fingerprint density at radius 1 is 1.08 bits per heavy atom. The molecule has 2 atom stereocenters. The predicted octanol–water partition coefficient (Wildman–Crippen LogP) is 1.92. The normalized spacial score (nSPS) is 33.8. The van der Waals surface area contributed by atoms with Crippen LogP contribution in [-0.4, -0.2) is 50.0 Å². The number of ether oxygens (including phenoxy) is 1. The molecule has 1 aliphatic rings. The molecule has 0 aromatic rings. The van der Waals surface area contributed by atoms with Gasteiger partial charge in [-0.2, -0.15) is 4.67 Å². The van der Waals surface area contributed by atoms with Gasteiger partial charge in [0.05, 0.1) is 52.7 Å².